The van der Waals surface area contributed by atoms with E-state index in [1.807, 2.05) is 66.7 Å². The Morgan fingerprint density at radius 2 is 1.29 bits per heavy atom. The van der Waals surface area contributed by atoms with Gasteiger partial charge in [-0.05, 0) is 36.1 Å². The van der Waals surface area contributed by atoms with E-state index in [0.29, 0.717) is 5.56 Å². The Kier molecular flexibility index (Phi) is 6.80. The van der Waals surface area contributed by atoms with Crippen molar-refractivity contribution in [2.75, 3.05) is 0 Å². The lowest BCUT2D eigenvalue weighted by molar-refractivity contribution is -0.0881. The lowest BCUT2D eigenvalue weighted by Crippen LogP contribution is -2.40. The first-order chi connectivity index (χ1) is 15.1. The molecular weight excluding hydrogens is 388 g/mol. The van der Waals surface area contributed by atoms with Crippen LogP contribution in [0.2, 0.25) is 0 Å². The van der Waals surface area contributed by atoms with Crippen LogP contribution < -0.4 is 0 Å². The number of ether oxygens (including phenoxy) is 1. The average molecular weight is 417 g/mol. The molecule has 1 aliphatic rings. The maximum absolute atomic E-state index is 12.9. The normalized spacial score (nSPS) is 23.0. The summed E-state index contributed by atoms with van der Waals surface area (Å²) in [6.45, 7) is 0. The maximum Gasteiger partial charge on any atom is 0.338 e. The molecule has 4 heteroatoms. The zero-order chi connectivity index (χ0) is 21.6. The smallest absolute Gasteiger partial charge is 0.338 e. The summed E-state index contributed by atoms with van der Waals surface area (Å²) in [5.41, 5.74) is 2.13. The molecule has 0 aliphatic heterocycles. The van der Waals surface area contributed by atoms with Crippen molar-refractivity contribution in [1.82, 2.24) is 0 Å². The van der Waals surface area contributed by atoms with Gasteiger partial charge in [-0.1, -0.05) is 85.3 Å². The Labute approximate surface area is 183 Å². The third-order valence-corrected chi connectivity index (χ3v) is 6.26. The summed E-state index contributed by atoms with van der Waals surface area (Å²) >= 11 is 0. The Balaban J connectivity index is 1.60. The average Bonchev–Trinajstić information content (AvgIpc) is 2.84. The van der Waals surface area contributed by atoms with Gasteiger partial charge in [0.05, 0.1) is 17.8 Å². The molecule has 0 aromatic heterocycles. The second-order valence-corrected chi connectivity index (χ2v) is 8.21. The van der Waals surface area contributed by atoms with Crippen LogP contribution in [0.4, 0.5) is 0 Å². The molecule has 2 N–H and O–H groups in total. The quantitative estimate of drug-likeness (QED) is 0.549. The van der Waals surface area contributed by atoms with Gasteiger partial charge in [0.1, 0.15) is 6.10 Å². The van der Waals surface area contributed by atoms with Crippen LogP contribution in [-0.2, 0) is 4.74 Å². The Bertz CT molecular complexity index is 958. The Morgan fingerprint density at radius 3 is 1.90 bits per heavy atom. The molecule has 0 bridgehead atoms. The van der Waals surface area contributed by atoms with Crippen LogP contribution in [0.25, 0.3) is 0 Å². The van der Waals surface area contributed by atoms with Crippen molar-refractivity contribution in [3.63, 3.8) is 0 Å². The predicted octanol–water partition coefficient (Wildman–Crippen LogP) is 5.10. The third kappa shape index (κ3) is 4.87. The molecule has 160 valence electrons. The third-order valence-electron chi connectivity index (χ3n) is 6.26. The van der Waals surface area contributed by atoms with Crippen molar-refractivity contribution in [2.24, 2.45) is 11.8 Å². The second kappa shape index (κ2) is 9.90. The van der Waals surface area contributed by atoms with E-state index in [9.17, 15) is 15.0 Å². The zero-order valence-corrected chi connectivity index (χ0v) is 17.4. The van der Waals surface area contributed by atoms with Gasteiger partial charge in [-0.25, -0.2) is 4.79 Å². The van der Waals surface area contributed by atoms with E-state index in [1.165, 1.54) is 0 Å². The van der Waals surface area contributed by atoms with Crippen molar-refractivity contribution in [1.29, 1.82) is 0 Å². The fourth-order valence-electron chi connectivity index (χ4n) is 4.62. The van der Waals surface area contributed by atoms with Gasteiger partial charge >= 0.3 is 5.97 Å². The van der Waals surface area contributed by atoms with Gasteiger partial charge in [0.25, 0.3) is 0 Å². The standard InChI is InChI=1S/C27H28O4/c28-24(19-11-4-1-5-12-19)22-17-10-18-23(25(22)29)26(20-13-6-2-7-14-20)31-27(30)21-15-8-3-9-16-21/h1-9,11-16,22-26,28-29H,10,17-18H2/t22-,23+,24+,25+,26+/m1/s1. The number of aliphatic hydroxyl groups excluding tert-OH is 2. The molecule has 1 aliphatic carbocycles. The van der Waals surface area contributed by atoms with Gasteiger partial charge in [-0.15, -0.1) is 0 Å². The van der Waals surface area contributed by atoms with E-state index in [1.54, 1.807) is 24.3 Å². The van der Waals surface area contributed by atoms with Crippen molar-refractivity contribution in [3.8, 4) is 0 Å². The molecule has 1 fully saturated rings. The minimum atomic E-state index is -0.794. The van der Waals surface area contributed by atoms with Gasteiger partial charge in [0.2, 0.25) is 0 Å². The van der Waals surface area contributed by atoms with Crippen molar-refractivity contribution in [2.45, 2.75) is 37.6 Å². The van der Waals surface area contributed by atoms with Crippen LogP contribution in [0.3, 0.4) is 0 Å². The number of hydrogen-bond donors (Lipinski definition) is 2. The van der Waals surface area contributed by atoms with Crippen LogP contribution in [0.1, 0.15) is 53.0 Å². The highest BCUT2D eigenvalue weighted by molar-refractivity contribution is 5.89. The summed E-state index contributed by atoms with van der Waals surface area (Å²) in [5.74, 6) is -1.03. The molecule has 0 unspecified atom stereocenters. The molecule has 4 nitrogen and oxygen atoms in total. The van der Waals surface area contributed by atoms with E-state index in [2.05, 4.69) is 0 Å². The number of carbonyl (C=O) groups excluding carboxylic acids is 1. The highest BCUT2D eigenvalue weighted by Crippen LogP contribution is 2.44. The summed E-state index contributed by atoms with van der Waals surface area (Å²) in [7, 11) is 0. The summed E-state index contributed by atoms with van der Waals surface area (Å²) in [4.78, 5) is 12.9. The molecule has 0 saturated heterocycles. The largest absolute Gasteiger partial charge is 0.453 e. The molecule has 1 saturated carbocycles. The molecule has 3 aromatic rings. The SMILES string of the molecule is O=C(O[C@@H](c1ccccc1)[C@H]1CCC[C@H]([C@@H](O)c2ccccc2)[C@@H]1O)c1ccccc1. The molecule has 0 radical (unpaired) electrons. The highest BCUT2D eigenvalue weighted by atomic mass is 16.5. The van der Waals surface area contributed by atoms with Crippen LogP contribution in [0.15, 0.2) is 91.0 Å². The minimum absolute atomic E-state index is 0.299. The Hall–Kier alpha value is -2.95. The van der Waals surface area contributed by atoms with Crippen molar-refractivity contribution >= 4 is 5.97 Å². The Morgan fingerprint density at radius 1 is 0.774 bits per heavy atom. The van der Waals surface area contributed by atoms with Crippen LogP contribution in [0, 0.1) is 11.8 Å². The van der Waals surface area contributed by atoms with Crippen LogP contribution >= 0.6 is 0 Å². The van der Waals surface area contributed by atoms with Crippen LogP contribution in [0.5, 0.6) is 0 Å². The molecule has 31 heavy (non-hydrogen) atoms. The molecule has 0 heterocycles. The number of carbonyl (C=O) groups is 1. The maximum atomic E-state index is 12.9. The molecule has 3 aromatic carbocycles. The molecule has 0 spiro atoms. The molecule has 0 amide bonds. The van der Waals surface area contributed by atoms with E-state index in [-0.39, 0.29) is 11.8 Å². The molecule has 5 atom stereocenters. The summed E-state index contributed by atoms with van der Waals surface area (Å²) in [5, 5.41) is 22.3. The van der Waals surface area contributed by atoms with E-state index in [4.69, 9.17) is 4.74 Å². The van der Waals surface area contributed by atoms with E-state index < -0.39 is 24.3 Å². The first-order valence-corrected chi connectivity index (χ1v) is 10.9. The van der Waals surface area contributed by atoms with Gasteiger partial charge in [0.15, 0.2) is 0 Å². The van der Waals surface area contributed by atoms with Gasteiger partial charge in [0, 0.05) is 11.8 Å². The highest BCUT2D eigenvalue weighted by Gasteiger charge is 2.42. The fraction of sp³-hybridized carbons (Fsp3) is 0.296. The lowest BCUT2D eigenvalue weighted by atomic mass is 9.71. The van der Waals surface area contributed by atoms with Crippen molar-refractivity contribution < 1.29 is 19.7 Å². The summed E-state index contributed by atoms with van der Waals surface area (Å²) < 4.78 is 5.99. The monoisotopic (exact) mass is 416 g/mol. The number of esters is 1. The van der Waals surface area contributed by atoms with E-state index >= 15 is 0 Å². The number of benzene rings is 3. The topological polar surface area (TPSA) is 66.8 Å². The fourth-order valence-corrected chi connectivity index (χ4v) is 4.62. The number of aliphatic hydroxyl groups is 2. The van der Waals surface area contributed by atoms with Gasteiger partial charge in [-0.3, -0.25) is 0 Å². The van der Waals surface area contributed by atoms with Gasteiger partial charge < -0.3 is 14.9 Å². The number of rotatable bonds is 6. The van der Waals surface area contributed by atoms with Crippen molar-refractivity contribution in [3.05, 3.63) is 108 Å². The first kappa shape index (κ1) is 21.3. The minimum Gasteiger partial charge on any atom is -0.453 e. The predicted molar refractivity (Wildman–Crippen MR) is 119 cm³/mol. The molecule has 4 rings (SSSR count). The lowest BCUT2D eigenvalue weighted by Gasteiger charge is -2.40. The van der Waals surface area contributed by atoms with E-state index in [0.717, 1.165) is 30.4 Å². The first-order valence-electron chi connectivity index (χ1n) is 10.9. The summed E-state index contributed by atoms with van der Waals surface area (Å²) in [6, 6.07) is 27.9. The van der Waals surface area contributed by atoms with Crippen LogP contribution in [-0.4, -0.2) is 22.3 Å². The summed E-state index contributed by atoms with van der Waals surface area (Å²) in [6.07, 6.45) is 0.151. The van der Waals surface area contributed by atoms with Gasteiger partial charge in [-0.2, -0.15) is 0 Å². The second-order valence-electron chi connectivity index (χ2n) is 8.21. The molecular formula is C27H28O4. The zero-order valence-electron chi connectivity index (χ0n) is 17.4. The number of hydrogen-bond acceptors (Lipinski definition) is 4.